The summed E-state index contributed by atoms with van der Waals surface area (Å²) in [7, 11) is 0. The molecule has 0 atom stereocenters. The molecule has 0 heterocycles. The maximum Gasteiger partial charge on any atom is 0.120 e. The molecule has 0 aliphatic rings. The molecule has 0 aromatic heterocycles. The summed E-state index contributed by atoms with van der Waals surface area (Å²) in [5.74, 6) is 0.909. The van der Waals surface area contributed by atoms with Crippen LogP contribution in [0.1, 0.15) is 72.1 Å². The van der Waals surface area contributed by atoms with Gasteiger partial charge in [-0.3, -0.25) is 0 Å². The summed E-state index contributed by atoms with van der Waals surface area (Å²) in [6, 6.07) is 7.67. The van der Waals surface area contributed by atoms with Crippen molar-refractivity contribution in [3.05, 3.63) is 24.3 Å². The number of nitrogens with two attached hydrogens (primary N) is 1. The van der Waals surface area contributed by atoms with Crippen LogP contribution in [0.15, 0.2) is 24.3 Å². The summed E-state index contributed by atoms with van der Waals surface area (Å²) in [4.78, 5) is 0. The largest absolute Gasteiger partial charge is 0.488 e. The third-order valence-electron chi connectivity index (χ3n) is 3.66. The van der Waals surface area contributed by atoms with Crippen molar-refractivity contribution in [2.75, 3.05) is 5.73 Å². The Morgan fingerprint density at radius 3 is 2.05 bits per heavy atom. The third kappa shape index (κ3) is 7.42. The minimum atomic E-state index is -0.0977. The van der Waals surface area contributed by atoms with Gasteiger partial charge in [0.05, 0.1) is 0 Å². The summed E-state index contributed by atoms with van der Waals surface area (Å²) < 4.78 is 6.05. The van der Waals surface area contributed by atoms with Crippen molar-refractivity contribution in [1.82, 2.24) is 0 Å². The van der Waals surface area contributed by atoms with Crippen molar-refractivity contribution >= 4 is 5.69 Å². The lowest BCUT2D eigenvalue weighted by Crippen LogP contribution is -2.27. The molecule has 0 saturated carbocycles. The van der Waals surface area contributed by atoms with Gasteiger partial charge >= 0.3 is 0 Å². The van der Waals surface area contributed by atoms with E-state index in [0.29, 0.717) is 0 Å². The van der Waals surface area contributed by atoms with Crippen LogP contribution in [0.2, 0.25) is 0 Å². The van der Waals surface area contributed by atoms with Crippen LogP contribution in [0.3, 0.4) is 0 Å². The topological polar surface area (TPSA) is 35.2 Å². The second-order valence-electron chi connectivity index (χ2n) is 6.30. The molecular weight excluding hydrogens is 246 g/mol. The van der Waals surface area contributed by atoms with Crippen LogP contribution >= 0.6 is 0 Å². The Hall–Kier alpha value is -1.18. The van der Waals surface area contributed by atoms with Gasteiger partial charge in [0.1, 0.15) is 11.4 Å². The Bertz CT molecular complexity index is 356. The van der Waals surface area contributed by atoms with E-state index in [1.807, 2.05) is 24.3 Å². The first-order valence-electron chi connectivity index (χ1n) is 8.08. The van der Waals surface area contributed by atoms with E-state index in [1.54, 1.807) is 0 Å². The molecule has 2 N–H and O–H groups in total. The molecule has 0 unspecified atom stereocenters. The fraction of sp³-hybridized carbons (Fsp3) is 0.667. The van der Waals surface area contributed by atoms with Crippen LogP contribution in [0.5, 0.6) is 5.75 Å². The van der Waals surface area contributed by atoms with Gasteiger partial charge in [-0.15, -0.1) is 0 Å². The van der Waals surface area contributed by atoms with E-state index in [9.17, 15) is 0 Å². The van der Waals surface area contributed by atoms with E-state index >= 15 is 0 Å². The second-order valence-corrected chi connectivity index (χ2v) is 6.30. The molecule has 1 rings (SSSR count). The van der Waals surface area contributed by atoms with Gasteiger partial charge in [-0.1, -0.05) is 45.4 Å². The van der Waals surface area contributed by atoms with Gasteiger partial charge in [0, 0.05) is 5.69 Å². The third-order valence-corrected chi connectivity index (χ3v) is 3.66. The number of anilines is 1. The van der Waals surface area contributed by atoms with Crippen LogP contribution < -0.4 is 10.5 Å². The fourth-order valence-corrected chi connectivity index (χ4v) is 2.41. The lowest BCUT2D eigenvalue weighted by Gasteiger charge is -2.26. The van der Waals surface area contributed by atoms with Gasteiger partial charge in [0.25, 0.3) is 0 Å². The highest BCUT2D eigenvalue weighted by Crippen LogP contribution is 2.24. The van der Waals surface area contributed by atoms with Crippen LogP contribution in [0, 0.1) is 0 Å². The van der Waals surface area contributed by atoms with Crippen molar-refractivity contribution in [2.24, 2.45) is 0 Å². The molecule has 0 aliphatic heterocycles. The molecule has 114 valence electrons. The number of benzene rings is 1. The maximum absolute atomic E-state index is 6.05. The Balaban J connectivity index is 2.19. The highest BCUT2D eigenvalue weighted by molar-refractivity contribution is 5.41. The molecule has 0 saturated heterocycles. The van der Waals surface area contributed by atoms with E-state index in [0.717, 1.165) is 17.9 Å². The molecule has 2 nitrogen and oxygen atoms in total. The molecular formula is C18H31NO. The average Bonchev–Trinajstić information content (AvgIpc) is 2.40. The fourth-order valence-electron chi connectivity index (χ4n) is 2.41. The normalized spacial score (nSPS) is 11.6. The maximum atomic E-state index is 6.05. The summed E-state index contributed by atoms with van der Waals surface area (Å²) >= 11 is 0. The molecule has 0 radical (unpaired) electrons. The number of hydrogen-bond donors (Lipinski definition) is 1. The number of hydrogen-bond acceptors (Lipinski definition) is 2. The van der Waals surface area contributed by atoms with Gasteiger partial charge in [0.2, 0.25) is 0 Å². The van der Waals surface area contributed by atoms with Crippen LogP contribution in [0.4, 0.5) is 5.69 Å². The molecule has 20 heavy (non-hydrogen) atoms. The van der Waals surface area contributed by atoms with Crippen LogP contribution in [-0.2, 0) is 0 Å². The van der Waals surface area contributed by atoms with Crippen LogP contribution in [0.25, 0.3) is 0 Å². The van der Waals surface area contributed by atoms with Gasteiger partial charge < -0.3 is 10.5 Å². The van der Waals surface area contributed by atoms with E-state index in [2.05, 4.69) is 20.8 Å². The Labute approximate surface area is 124 Å². The Morgan fingerprint density at radius 2 is 1.45 bits per heavy atom. The summed E-state index contributed by atoms with van der Waals surface area (Å²) in [5.41, 5.74) is 6.37. The highest BCUT2D eigenvalue weighted by atomic mass is 16.5. The predicted molar refractivity (Wildman–Crippen MR) is 88.2 cm³/mol. The van der Waals surface area contributed by atoms with Crippen molar-refractivity contribution in [3.8, 4) is 5.75 Å². The van der Waals surface area contributed by atoms with E-state index < -0.39 is 0 Å². The zero-order valence-electron chi connectivity index (χ0n) is 13.5. The zero-order valence-corrected chi connectivity index (χ0v) is 13.5. The average molecular weight is 277 g/mol. The molecule has 0 aliphatic carbocycles. The summed E-state index contributed by atoms with van der Waals surface area (Å²) in [6.45, 7) is 6.60. The molecule has 0 bridgehead atoms. The molecule has 1 aromatic rings. The zero-order chi connectivity index (χ0) is 14.8. The smallest absolute Gasteiger partial charge is 0.120 e. The molecule has 2 heteroatoms. The monoisotopic (exact) mass is 277 g/mol. The minimum absolute atomic E-state index is 0.0977. The predicted octanol–water partition coefficient (Wildman–Crippen LogP) is 5.57. The Kier molecular flexibility index (Phi) is 7.50. The Morgan fingerprint density at radius 1 is 0.900 bits per heavy atom. The standard InChI is InChI=1S/C18H31NO/c1-4-5-6-7-8-9-10-15-18(2,3)20-17-13-11-16(19)12-14-17/h11-14H,4-10,15,19H2,1-3H3. The van der Waals surface area contributed by atoms with E-state index in [4.69, 9.17) is 10.5 Å². The SMILES string of the molecule is CCCCCCCCCC(C)(C)Oc1ccc(N)cc1. The van der Waals surface area contributed by atoms with E-state index in [-0.39, 0.29) is 5.60 Å². The molecule has 0 amide bonds. The highest BCUT2D eigenvalue weighted by Gasteiger charge is 2.19. The quantitative estimate of drug-likeness (QED) is 0.448. The number of nitrogen functional groups attached to an aromatic ring is 1. The van der Waals surface area contributed by atoms with Crippen molar-refractivity contribution < 1.29 is 4.74 Å². The summed E-state index contributed by atoms with van der Waals surface area (Å²) in [5, 5.41) is 0. The summed E-state index contributed by atoms with van der Waals surface area (Å²) in [6.07, 6.45) is 10.5. The molecule has 0 spiro atoms. The first-order chi connectivity index (χ1) is 9.53. The minimum Gasteiger partial charge on any atom is -0.488 e. The van der Waals surface area contributed by atoms with Crippen molar-refractivity contribution in [2.45, 2.75) is 77.7 Å². The lowest BCUT2D eigenvalue weighted by atomic mass is 9.99. The number of unbranched alkanes of at least 4 members (excludes halogenated alkanes) is 6. The van der Waals surface area contributed by atoms with Crippen molar-refractivity contribution in [3.63, 3.8) is 0 Å². The first kappa shape index (κ1) is 16.9. The van der Waals surface area contributed by atoms with Gasteiger partial charge in [0.15, 0.2) is 0 Å². The van der Waals surface area contributed by atoms with Gasteiger partial charge in [-0.25, -0.2) is 0 Å². The number of rotatable bonds is 10. The number of ether oxygens (including phenoxy) is 1. The van der Waals surface area contributed by atoms with E-state index in [1.165, 1.54) is 44.9 Å². The van der Waals surface area contributed by atoms with Gasteiger partial charge in [-0.2, -0.15) is 0 Å². The van der Waals surface area contributed by atoms with Crippen molar-refractivity contribution in [1.29, 1.82) is 0 Å². The van der Waals surface area contributed by atoms with Crippen LogP contribution in [-0.4, -0.2) is 5.60 Å². The van der Waals surface area contributed by atoms with Gasteiger partial charge in [-0.05, 0) is 51.0 Å². The second kappa shape index (κ2) is 8.89. The lowest BCUT2D eigenvalue weighted by molar-refractivity contribution is 0.0961. The first-order valence-corrected chi connectivity index (χ1v) is 8.08. The molecule has 0 fully saturated rings. The molecule has 1 aromatic carbocycles.